The second-order valence-electron chi connectivity index (χ2n) is 5.23. The van der Waals surface area contributed by atoms with Crippen LogP contribution in [0.2, 0.25) is 0 Å². The van der Waals surface area contributed by atoms with Crippen molar-refractivity contribution in [2.45, 2.75) is 25.5 Å². The van der Waals surface area contributed by atoms with E-state index >= 15 is 0 Å². The molecule has 0 aliphatic carbocycles. The molecule has 1 heterocycles. The molecular weight excluding hydrogens is 273 g/mol. The van der Waals surface area contributed by atoms with Crippen molar-refractivity contribution in [2.75, 3.05) is 20.2 Å². The predicted octanol–water partition coefficient (Wildman–Crippen LogP) is 2.53. The maximum absolute atomic E-state index is 13.3. The van der Waals surface area contributed by atoms with Crippen LogP contribution in [0.5, 0.6) is 0 Å². The summed E-state index contributed by atoms with van der Waals surface area (Å²) in [5.41, 5.74) is 1.55. The van der Waals surface area contributed by atoms with Crippen LogP contribution in [-0.2, 0) is 16.1 Å². The summed E-state index contributed by atoms with van der Waals surface area (Å²) >= 11 is 0. The number of ether oxygens (including phenoxy) is 1. The fourth-order valence-corrected chi connectivity index (χ4v) is 2.57. The Morgan fingerprint density at radius 2 is 2.19 bits per heavy atom. The van der Waals surface area contributed by atoms with Gasteiger partial charge in [-0.05, 0) is 42.2 Å². The summed E-state index contributed by atoms with van der Waals surface area (Å²) in [5.74, 6) is -1.40. The Morgan fingerprint density at radius 1 is 1.48 bits per heavy atom. The van der Waals surface area contributed by atoms with Crippen LogP contribution in [0.15, 0.2) is 24.3 Å². The molecule has 0 unspecified atom stereocenters. The Labute approximate surface area is 123 Å². The third-order valence-electron chi connectivity index (χ3n) is 3.78. The number of methoxy groups -OCH3 is 1. The average molecular weight is 293 g/mol. The highest BCUT2D eigenvalue weighted by Crippen LogP contribution is 2.19. The van der Waals surface area contributed by atoms with E-state index in [9.17, 15) is 9.18 Å². The monoisotopic (exact) mass is 293 g/mol. The third-order valence-corrected chi connectivity index (χ3v) is 3.78. The second-order valence-corrected chi connectivity index (χ2v) is 5.23. The van der Waals surface area contributed by atoms with Crippen LogP contribution in [0.3, 0.4) is 0 Å². The first-order chi connectivity index (χ1) is 10.1. The van der Waals surface area contributed by atoms with Gasteiger partial charge in [-0.15, -0.1) is 0 Å². The van der Waals surface area contributed by atoms with E-state index in [0.717, 1.165) is 37.6 Å². The lowest BCUT2D eigenvalue weighted by atomic mass is 10.0. The number of likely N-dealkylation sites (tertiary alicyclic amines) is 1. The number of carboxylic acid groups (broad SMARTS) is 1. The molecule has 1 aliphatic heterocycles. The quantitative estimate of drug-likeness (QED) is 0.848. The van der Waals surface area contributed by atoms with Gasteiger partial charge in [0.15, 0.2) is 0 Å². The van der Waals surface area contributed by atoms with E-state index in [1.165, 1.54) is 18.2 Å². The molecule has 0 saturated carbocycles. The van der Waals surface area contributed by atoms with Crippen molar-refractivity contribution in [2.24, 2.45) is 0 Å². The molecule has 0 atom stereocenters. The predicted molar refractivity (Wildman–Crippen MR) is 78.4 cm³/mol. The number of halogens is 1. The van der Waals surface area contributed by atoms with Crippen LogP contribution in [0.25, 0.3) is 6.08 Å². The lowest BCUT2D eigenvalue weighted by Gasteiger charge is -2.31. The van der Waals surface area contributed by atoms with Gasteiger partial charge in [-0.1, -0.05) is 6.07 Å². The summed E-state index contributed by atoms with van der Waals surface area (Å²) in [5, 5.41) is 8.71. The van der Waals surface area contributed by atoms with Crippen molar-refractivity contribution >= 4 is 12.0 Å². The summed E-state index contributed by atoms with van der Waals surface area (Å²) in [6, 6.07) is 4.51. The fraction of sp³-hybridized carbons (Fsp3) is 0.438. The zero-order valence-electron chi connectivity index (χ0n) is 12.1. The number of hydrogen-bond donors (Lipinski definition) is 1. The van der Waals surface area contributed by atoms with E-state index in [1.54, 1.807) is 13.2 Å². The minimum atomic E-state index is -1.04. The normalized spacial score (nSPS) is 17.4. The molecule has 1 N–H and O–H groups in total. The zero-order valence-corrected chi connectivity index (χ0v) is 12.1. The SMILES string of the molecule is COC1CCN(Cc2ccc(F)cc2C=CC(=O)O)CC1. The first-order valence-corrected chi connectivity index (χ1v) is 7.03. The van der Waals surface area contributed by atoms with Crippen molar-refractivity contribution in [3.05, 3.63) is 41.2 Å². The van der Waals surface area contributed by atoms with Crippen molar-refractivity contribution in [3.8, 4) is 0 Å². The van der Waals surface area contributed by atoms with E-state index in [2.05, 4.69) is 4.90 Å². The van der Waals surface area contributed by atoms with Crippen molar-refractivity contribution < 1.29 is 19.0 Å². The number of carbonyl (C=O) groups is 1. The first-order valence-electron chi connectivity index (χ1n) is 7.03. The number of benzene rings is 1. The van der Waals surface area contributed by atoms with Crippen LogP contribution < -0.4 is 0 Å². The van der Waals surface area contributed by atoms with Crippen molar-refractivity contribution in [1.82, 2.24) is 4.90 Å². The molecule has 2 rings (SSSR count). The molecule has 0 bridgehead atoms. The molecule has 1 saturated heterocycles. The van der Waals surface area contributed by atoms with Crippen molar-refractivity contribution in [1.29, 1.82) is 0 Å². The van der Waals surface area contributed by atoms with E-state index in [0.29, 0.717) is 18.2 Å². The van der Waals surface area contributed by atoms with E-state index in [1.807, 2.05) is 0 Å². The maximum atomic E-state index is 13.3. The van der Waals surface area contributed by atoms with Crippen LogP contribution in [0, 0.1) is 5.82 Å². The molecule has 4 nitrogen and oxygen atoms in total. The Kier molecular flexibility index (Phi) is 5.47. The highest BCUT2D eigenvalue weighted by Gasteiger charge is 2.19. The van der Waals surface area contributed by atoms with Gasteiger partial charge in [0.25, 0.3) is 0 Å². The lowest BCUT2D eigenvalue weighted by Crippen LogP contribution is -2.36. The number of aliphatic carboxylic acids is 1. The molecule has 1 aromatic rings. The van der Waals surface area contributed by atoms with Gasteiger partial charge in [-0.2, -0.15) is 0 Å². The van der Waals surface area contributed by atoms with Crippen LogP contribution in [0.4, 0.5) is 4.39 Å². The molecule has 1 aliphatic rings. The summed E-state index contributed by atoms with van der Waals surface area (Å²) in [6.07, 6.45) is 4.77. The van der Waals surface area contributed by atoms with Gasteiger partial charge in [0.05, 0.1) is 6.10 Å². The number of carboxylic acids is 1. The summed E-state index contributed by atoms with van der Waals surface area (Å²) < 4.78 is 18.7. The molecular formula is C16H20FNO3. The van der Waals surface area contributed by atoms with Gasteiger partial charge in [0.2, 0.25) is 0 Å². The molecule has 1 aromatic carbocycles. The Hall–Kier alpha value is -1.72. The van der Waals surface area contributed by atoms with Gasteiger partial charge in [-0.25, -0.2) is 9.18 Å². The molecule has 114 valence electrons. The van der Waals surface area contributed by atoms with E-state index in [-0.39, 0.29) is 5.82 Å². The van der Waals surface area contributed by atoms with Crippen LogP contribution in [0.1, 0.15) is 24.0 Å². The molecule has 0 spiro atoms. The first kappa shape index (κ1) is 15.7. The maximum Gasteiger partial charge on any atom is 0.328 e. The number of piperidine rings is 1. The lowest BCUT2D eigenvalue weighted by molar-refractivity contribution is -0.131. The van der Waals surface area contributed by atoms with Gasteiger partial charge in [0, 0.05) is 32.8 Å². The molecule has 0 amide bonds. The number of hydrogen-bond acceptors (Lipinski definition) is 3. The van der Waals surface area contributed by atoms with Crippen molar-refractivity contribution in [3.63, 3.8) is 0 Å². The number of rotatable bonds is 5. The second kappa shape index (κ2) is 7.33. The Bertz CT molecular complexity index is 522. The Morgan fingerprint density at radius 3 is 2.81 bits per heavy atom. The fourth-order valence-electron chi connectivity index (χ4n) is 2.57. The van der Waals surface area contributed by atoms with Gasteiger partial charge < -0.3 is 9.84 Å². The highest BCUT2D eigenvalue weighted by atomic mass is 19.1. The smallest absolute Gasteiger partial charge is 0.328 e. The molecule has 0 radical (unpaired) electrons. The molecule has 5 heteroatoms. The minimum Gasteiger partial charge on any atom is -0.478 e. The largest absolute Gasteiger partial charge is 0.478 e. The zero-order chi connectivity index (χ0) is 15.2. The topological polar surface area (TPSA) is 49.8 Å². The average Bonchev–Trinajstić information content (AvgIpc) is 2.48. The van der Waals surface area contributed by atoms with E-state index < -0.39 is 5.97 Å². The highest BCUT2D eigenvalue weighted by molar-refractivity contribution is 5.85. The summed E-state index contributed by atoms with van der Waals surface area (Å²) in [7, 11) is 1.73. The molecule has 0 aromatic heterocycles. The van der Waals surface area contributed by atoms with Crippen LogP contribution >= 0.6 is 0 Å². The summed E-state index contributed by atoms with van der Waals surface area (Å²) in [4.78, 5) is 12.9. The minimum absolute atomic E-state index is 0.320. The molecule has 21 heavy (non-hydrogen) atoms. The standard InChI is InChI=1S/C16H20FNO3/c1-21-15-6-8-18(9-7-15)11-13-2-4-14(17)10-12(13)3-5-16(19)20/h2-5,10,15H,6-9,11H2,1H3,(H,19,20). The summed E-state index contributed by atoms with van der Waals surface area (Å²) in [6.45, 7) is 2.55. The van der Waals surface area contributed by atoms with E-state index in [4.69, 9.17) is 9.84 Å². The van der Waals surface area contributed by atoms with Crippen LogP contribution in [-0.4, -0.2) is 42.3 Å². The Balaban J connectivity index is 2.07. The van der Waals surface area contributed by atoms with Gasteiger partial charge in [-0.3, -0.25) is 4.90 Å². The van der Waals surface area contributed by atoms with Gasteiger partial charge in [0.1, 0.15) is 5.82 Å². The third kappa shape index (κ3) is 4.65. The van der Waals surface area contributed by atoms with Gasteiger partial charge >= 0.3 is 5.97 Å². The number of nitrogens with zero attached hydrogens (tertiary/aromatic N) is 1. The molecule has 1 fully saturated rings.